The first-order valence-electron chi connectivity index (χ1n) is 5.87. The third-order valence-electron chi connectivity index (χ3n) is 3.21. The van der Waals surface area contributed by atoms with Gasteiger partial charge in [0.2, 0.25) is 0 Å². The number of ether oxygens (including phenoxy) is 1. The summed E-state index contributed by atoms with van der Waals surface area (Å²) in [7, 11) is 0. The van der Waals surface area contributed by atoms with Crippen LogP contribution in [-0.4, -0.2) is 46.9 Å². The lowest BCUT2D eigenvalue weighted by molar-refractivity contribution is -0.171. The van der Waals surface area contributed by atoms with Crippen LogP contribution in [0.2, 0.25) is 0 Å². The fraction of sp³-hybridized carbons (Fsp3) is 0.385. The highest BCUT2D eigenvalue weighted by molar-refractivity contribution is 5.81. The number of carbonyl (C=O) groups is 2. The Labute approximate surface area is 110 Å². The third kappa shape index (κ3) is 2.68. The number of nitrogens with zero attached hydrogens (tertiary/aromatic N) is 1. The number of carboxylic acid groups (broad SMARTS) is 1. The van der Waals surface area contributed by atoms with Gasteiger partial charge in [-0.25, -0.2) is 4.79 Å². The highest BCUT2D eigenvalue weighted by atomic mass is 16.5. The minimum Gasteiger partial charge on any atom is -0.465 e. The number of likely N-dealkylation sites (tertiary alicyclic amines) is 1. The molecule has 19 heavy (non-hydrogen) atoms. The van der Waals surface area contributed by atoms with Crippen LogP contribution >= 0.6 is 0 Å². The molecular weight excluding hydrogens is 250 g/mol. The number of aliphatic hydroxyl groups is 1. The summed E-state index contributed by atoms with van der Waals surface area (Å²) in [6.07, 6.45) is -1.10. The van der Waals surface area contributed by atoms with Crippen LogP contribution in [-0.2, 0) is 16.1 Å². The third-order valence-corrected chi connectivity index (χ3v) is 3.21. The van der Waals surface area contributed by atoms with E-state index in [-0.39, 0.29) is 19.7 Å². The largest absolute Gasteiger partial charge is 0.465 e. The van der Waals surface area contributed by atoms with E-state index in [4.69, 9.17) is 9.84 Å². The van der Waals surface area contributed by atoms with Crippen molar-refractivity contribution in [2.75, 3.05) is 19.7 Å². The number of hydrogen-bond donors (Lipinski definition) is 2. The molecule has 1 aromatic rings. The molecule has 0 atom stereocenters. The van der Waals surface area contributed by atoms with Gasteiger partial charge < -0.3 is 19.8 Å². The van der Waals surface area contributed by atoms with Gasteiger partial charge in [-0.3, -0.25) is 4.79 Å². The van der Waals surface area contributed by atoms with E-state index in [1.54, 1.807) is 0 Å². The van der Waals surface area contributed by atoms with E-state index in [0.717, 1.165) is 10.5 Å². The Kier molecular flexibility index (Phi) is 3.71. The summed E-state index contributed by atoms with van der Waals surface area (Å²) in [4.78, 5) is 23.7. The lowest BCUT2D eigenvalue weighted by Crippen LogP contribution is -2.64. The first-order valence-corrected chi connectivity index (χ1v) is 5.87. The number of rotatable bonds is 4. The summed E-state index contributed by atoms with van der Waals surface area (Å²) in [6, 6.07) is 9.17. The molecule has 2 N–H and O–H groups in total. The smallest absolute Gasteiger partial charge is 0.407 e. The number of esters is 1. The molecule has 1 aromatic carbocycles. The predicted molar refractivity (Wildman–Crippen MR) is 65.4 cm³/mol. The zero-order valence-corrected chi connectivity index (χ0v) is 10.3. The van der Waals surface area contributed by atoms with Gasteiger partial charge in [-0.05, 0) is 5.56 Å². The summed E-state index contributed by atoms with van der Waals surface area (Å²) in [5.74, 6) is -0.559. The fourth-order valence-corrected chi connectivity index (χ4v) is 1.99. The molecule has 6 heteroatoms. The predicted octanol–water partition coefficient (Wildman–Crippen LogP) is 0.702. The highest BCUT2D eigenvalue weighted by Gasteiger charge is 2.52. The molecule has 1 amide bonds. The Balaban J connectivity index is 1.91. The summed E-state index contributed by atoms with van der Waals surface area (Å²) < 4.78 is 5.14. The van der Waals surface area contributed by atoms with Gasteiger partial charge in [0.25, 0.3) is 0 Å². The molecule has 102 valence electrons. The maximum absolute atomic E-state index is 11.9. The minimum absolute atomic E-state index is 0.0214. The molecule has 0 aromatic heterocycles. The van der Waals surface area contributed by atoms with Crippen LogP contribution in [0.5, 0.6) is 0 Å². The van der Waals surface area contributed by atoms with E-state index in [0.29, 0.717) is 0 Å². The number of benzene rings is 1. The summed E-state index contributed by atoms with van der Waals surface area (Å²) in [6.45, 7) is -0.336. The van der Waals surface area contributed by atoms with Crippen LogP contribution in [0.4, 0.5) is 4.79 Å². The van der Waals surface area contributed by atoms with Crippen molar-refractivity contribution in [1.82, 2.24) is 4.90 Å². The average Bonchev–Trinajstić information content (AvgIpc) is 2.36. The SMILES string of the molecule is O=C(O)N1CC(CO)(C(=O)OCc2ccccc2)C1. The molecule has 0 radical (unpaired) electrons. The van der Waals surface area contributed by atoms with Gasteiger partial charge in [-0.15, -0.1) is 0 Å². The maximum atomic E-state index is 11.9. The van der Waals surface area contributed by atoms with E-state index < -0.39 is 24.1 Å². The number of amides is 1. The van der Waals surface area contributed by atoms with Crippen LogP contribution < -0.4 is 0 Å². The van der Waals surface area contributed by atoms with Gasteiger partial charge >= 0.3 is 12.1 Å². The molecule has 0 spiro atoms. The van der Waals surface area contributed by atoms with Crippen LogP contribution in [0.3, 0.4) is 0 Å². The molecule has 1 heterocycles. The molecule has 0 bridgehead atoms. The molecule has 0 aliphatic carbocycles. The Bertz CT molecular complexity index is 467. The van der Waals surface area contributed by atoms with Crippen LogP contribution in [0.1, 0.15) is 5.56 Å². The molecule has 2 rings (SSSR count). The molecule has 1 aliphatic heterocycles. The molecule has 1 saturated heterocycles. The van der Waals surface area contributed by atoms with Crippen molar-refractivity contribution in [2.45, 2.75) is 6.61 Å². The minimum atomic E-state index is -1.10. The van der Waals surface area contributed by atoms with Crippen molar-refractivity contribution in [3.8, 4) is 0 Å². The number of aliphatic hydroxyl groups excluding tert-OH is 1. The van der Waals surface area contributed by atoms with E-state index in [2.05, 4.69) is 0 Å². The van der Waals surface area contributed by atoms with Gasteiger partial charge in [0.15, 0.2) is 0 Å². The number of carbonyl (C=O) groups excluding carboxylic acids is 1. The summed E-state index contributed by atoms with van der Waals surface area (Å²) >= 11 is 0. The normalized spacial score (nSPS) is 16.6. The second-order valence-corrected chi connectivity index (χ2v) is 4.64. The first kappa shape index (κ1) is 13.4. The summed E-state index contributed by atoms with van der Waals surface area (Å²) in [5, 5.41) is 18.0. The van der Waals surface area contributed by atoms with Crippen LogP contribution in [0, 0.1) is 5.41 Å². The zero-order valence-electron chi connectivity index (χ0n) is 10.3. The van der Waals surface area contributed by atoms with Crippen LogP contribution in [0.15, 0.2) is 30.3 Å². The van der Waals surface area contributed by atoms with Gasteiger partial charge in [0.1, 0.15) is 12.0 Å². The van der Waals surface area contributed by atoms with Crippen molar-refractivity contribution in [2.24, 2.45) is 5.41 Å². The fourth-order valence-electron chi connectivity index (χ4n) is 1.99. The van der Waals surface area contributed by atoms with Crippen molar-refractivity contribution in [1.29, 1.82) is 0 Å². The molecule has 1 fully saturated rings. The van der Waals surface area contributed by atoms with E-state index >= 15 is 0 Å². The number of hydrogen-bond acceptors (Lipinski definition) is 4. The molecule has 0 unspecified atom stereocenters. The topological polar surface area (TPSA) is 87.1 Å². The lowest BCUT2D eigenvalue weighted by Gasteiger charge is -2.45. The van der Waals surface area contributed by atoms with E-state index in [9.17, 15) is 14.7 Å². The Morgan fingerprint density at radius 3 is 2.42 bits per heavy atom. The monoisotopic (exact) mass is 265 g/mol. The van der Waals surface area contributed by atoms with Gasteiger partial charge in [-0.2, -0.15) is 0 Å². The van der Waals surface area contributed by atoms with Crippen molar-refractivity contribution in [3.05, 3.63) is 35.9 Å². The van der Waals surface area contributed by atoms with Crippen LogP contribution in [0.25, 0.3) is 0 Å². The first-order chi connectivity index (χ1) is 9.07. The second kappa shape index (κ2) is 5.27. The quantitative estimate of drug-likeness (QED) is 0.783. The van der Waals surface area contributed by atoms with Crippen molar-refractivity contribution < 1.29 is 24.5 Å². The highest BCUT2D eigenvalue weighted by Crippen LogP contribution is 2.31. The van der Waals surface area contributed by atoms with Crippen molar-refractivity contribution >= 4 is 12.1 Å². The second-order valence-electron chi connectivity index (χ2n) is 4.64. The summed E-state index contributed by atoms with van der Waals surface area (Å²) in [5.41, 5.74) is -0.258. The zero-order chi connectivity index (χ0) is 13.9. The maximum Gasteiger partial charge on any atom is 0.407 e. The average molecular weight is 265 g/mol. The standard InChI is InChI=1S/C13H15NO5/c15-9-13(7-14(8-13)12(17)18)11(16)19-6-10-4-2-1-3-5-10/h1-5,15H,6-9H2,(H,17,18). The van der Waals surface area contributed by atoms with Gasteiger partial charge in [0.05, 0.1) is 6.61 Å². The lowest BCUT2D eigenvalue weighted by atomic mass is 9.81. The molecule has 6 nitrogen and oxygen atoms in total. The van der Waals surface area contributed by atoms with E-state index in [1.807, 2.05) is 30.3 Å². The molecular formula is C13H15NO5. The van der Waals surface area contributed by atoms with Gasteiger partial charge in [-0.1, -0.05) is 30.3 Å². The van der Waals surface area contributed by atoms with E-state index in [1.165, 1.54) is 0 Å². The molecule has 1 aliphatic rings. The Morgan fingerprint density at radius 2 is 1.89 bits per heavy atom. The molecule has 0 saturated carbocycles. The van der Waals surface area contributed by atoms with Crippen molar-refractivity contribution in [3.63, 3.8) is 0 Å². The Morgan fingerprint density at radius 1 is 1.26 bits per heavy atom. The van der Waals surface area contributed by atoms with Gasteiger partial charge in [0, 0.05) is 13.1 Å². The Hall–Kier alpha value is -2.08.